The Morgan fingerprint density at radius 2 is 1.55 bits per heavy atom. The van der Waals surface area contributed by atoms with E-state index in [1.54, 1.807) is 12.1 Å². The van der Waals surface area contributed by atoms with Crippen LogP contribution in [0.5, 0.6) is 0 Å². The lowest BCUT2D eigenvalue weighted by Gasteiger charge is -2.36. The summed E-state index contributed by atoms with van der Waals surface area (Å²) in [5.74, 6) is 0. The van der Waals surface area contributed by atoms with E-state index in [0.717, 1.165) is 16.6 Å². The molecule has 1 atom stereocenters. The Hall–Kier alpha value is -1.11. The van der Waals surface area contributed by atoms with E-state index in [2.05, 4.69) is 59.6 Å². The van der Waals surface area contributed by atoms with Crippen molar-refractivity contribution in [3.05, 3.63) is 29.8 Å². The second kappa shape index (κ2) is 14.1. The highest BCUT2D eigenvalue weighted by Crippen LogP contribution is 2.45. The zero-order valence-corrected chi connectivity index (χ0v) is 21.7. The first-order valence-corrected chi connectivity index (χ1v) is 12.8. The first-order valence-electron chi connectivity index (χ1n) is 10.2. The Kier molecular flexibility index (Phi) is 13.6. The Labute approximate surface area is 190 Å². The summed E-state index contributed by atoms with van der Waals surface area (Å²) in [7, 11) is 1.07. The summed E-state index contributed by atoms with van der Waals surface area (Å²) >= 11 is 0. The summed E-state index contributed by atoms with van der Waals surface area (Å²) in [5.41, 5.74) is 0.928. The fourth-order valence-corrected chi connectivity index (χ4v) is 4.46. The topological polar surface area (TPSA) is 103 Å². The van der Waals surface area contributed by atoms with E-state index in [1.807, 2.05) is 6.92 Å². The molecule has 0 radical (unpaired) electrons. The van der Waals surface area contributed by atoms with Gasteiger partial charge in [-0.25, -0.2) is 13.1 Å². The zero-order chi connectivity index (χ0) is 24.2. The predicted octanol–water partition coefficient (Wildman–Crippen LogP) is 3.88. The standard InChI is InChI=1S/C14H31N3O2P.C7H8O3S/c1-13(2)16(14(3)4)20(18-11-8-9-15)19-12-10-17(5,6)7;1-6-2-4-7(5-3-6)11(8,9)10/h13-14H,8,10-12H2,1-7H3;2-5H,1H3,(H,8,9,10)/q+1;/p-1. The maximum atomic E-state index is 10.4. The summed E-state index contributed by atoms with van der Waals surface area (Å²) in [6.07, 6.45) is 0.404. The van der Waals surface area contributed by atoms with Gasteiger partial charge in [-0.2, -0.15) is 5.26 Å². The van der Waals surface area contributed by atoms with Crippen LogP contribution in [0.15, 0.2) is 29.2 Å². The van der Waals surface area contributed by atoms with E-state index >= 15 is 0 Å². The lowest BCUT2D eigenvalue weighted by Crippen LogP contribution is -2.38. The minimum Gasteiger partial charge on any atom is -0.744 e. The molecule has 0 bridgehead atoms. The van der Waals surface area contributed by atoms with Gasteiger partial charge in [0.15, 0.2) is 0 Å². The van der Waals surface area contributed by atoms with Crippen LogP contribution in [0.4, 0.5) is 0 Å². The molecule has 0 N–H and O–H groups in total. The van der Waals surface area contributed by atoms with Gasteiger partial charge in [-0.15, -0.1) is 0 Å². The smallest absolute Gasteiger partial charge is 0.259 e. The minimum absolute atomic E-state index is 0.178. The van der Waals surface area contributed by atoms with Gasteiger partial charge in [0.25, 0.3) is 8.53 Å². The number of hydrogen-bond acceptors (Lipinski definition) is 7. The van der Waals surface area contributed by atoms with E-state index in [-0.39, 0.29) is 4.90 Å². The van der Waals surface area contributed by atoms with Crippen LogP contribution < -0.4 is 0 Å². The highest BCUT2D eigenvalue weighted by Gasteiger charge is 2.27. The Bertz CT molecular complexity index is 764. The molecule has 0 saturated carbocycles. The third-order valence-corrected chi connectivity index (χ3v) is 6.89. The van der Waals surface area contributed by atoms with Crippen molar-refractivity contribution < 1.29 is 26.5 Å². The number of aryl methyl sites for hydroxylation is 1. The van der Waals surface area contributed by atoms with Gasteiger partial charge in [-0.3, -0.25) is 0 Å². The first kappa shape index (κ1) is 29.9. The summed E-state index contributed by atoms with van der Waals surface area (Å²) < 4.78 is 46.1. The van der Waals surface area contributed by atoms with Crippen LogP contribution in [0, 0.1) is 18.3 Å². The molecule has 8 nitrogen and oxygen atoms in total. The summed E-state index contributed by atoms with van der Waals surface area (Å²) in [6.45, 7) is 12.4. The molecule has 1 aromatic carbocycles. The van der Waals surface area contributed by atoms with Crippen molar-refractivity contribution in [2.75, 3.05) is 40.9 Å². The number of rotatable bonds is 11. The van der Waals surface area contributed by atoms with E-state index < -0.39 is 18.6 Å². The maximum absolute atomic E-state index is 10.4. The molecular formula is C21H38N3O5PS. The van der Waals surface area contributed by atoms with Gasteiger partial charge in [0, 0.05) is 12.1 Å². The number of nitriles is 1. The molecule has 31 heavy (non-hydrogen) atoms. The van der Waals surface area contributed by atoms with Gasteiger partial charge in [-0.1, -0.05) is 17.7 Å². The predicted molar refractivity (Wildman–Crippen MR) is 123 cm³/mol. The zero-order valence-electron chi connectivity index (χ0n) is 20.0. The summed E-state index contributed by atoms with van der Waals surface area (Å²) in [6, 6.07) is 8.60. The summed E-state index contributed by atoms with van der Waals surface area (Å²) in [5, 5.41) is 8.64. The van der Waals surface area contributed by atoms with Crippen molar-refractivity contribution in [1.29, 1.82) is 5.26 Å². The second-order valence-corrected chi connectivity index (χ2v) is 11.5. The third-order valence-electron chi connectivity index (χ3n) is 3.94. The van der Waals surface area contributed by atoms with Gasteiger partial charge in [-0.05, 0) is 46.8 Å². The van der Waals surface area contributed by atoms with E-state index in [4.69, 9.17) is 14.3 Å². The average molecular weight is 476 g/mol. The molecule has 0 aliphatic carbocycles. The quantitative estimate of drug-likeness (QED) is 0.207. The van der Waals surface area contributed by atoms with Gasteiger partial charge in [0.05, 0.1) is 45.1 Å². The van der Waals surface area contributed by atoms with E-state index in [0.29, 0.717) is 31.7 Å². The third kappa shape index (κ3) is 13.8. The molecule has 10 heteroatoms. The van der Waals surface area contributed by atoms with Crippen LogP contribution >= 0.6 is 8.53 Å². The molecule has 0 amide bonds. The number of benzene rings is 1. The molecule has 1 aromatic rings. The van der Waals surface area contributed by atoms with Crippen LogP contribution in [0.3, 0.4) is 0 Å². The van der Waals surface area contributed by atoms with Crippen molar-refractivity contribution in [3.63, 3.8) is 0 Å². The van der Waals surface area contributed by atoms with Crippen LogP contribution in [-0.4, -0.2) is 75.1 Å². The Balaban J connectivity index is 0.000000683. The number of quaternary nitrogens is 1. The molecule has 0 spiro atoms. The molecule has 1 unspecified atom stereocenters. The molecule has 0 saturated heterocycles. The van der Waals surface area contributed by atoms with Crippen molar-refractivity contribution in [2.45, 2.75) is 58.0 Å². The van der Waals surface area contributed by atoms with Gasteiger partial charge >= 0.3 is 0 Å². The van der Waals surface area contributed by atoms with Crippen molar-refractivity contribution in [1.82, 2.24) is 4.67 Å². The fraction of sp³-hybridized carbons (Fsp3) is 0.667. The van der Waals surface area contributed by atoms with Crippen LogP contribution in [0.25, 0.3) is 0 Å². The number of nitrogens with zero attached hydrogens (tertiary/aromatic N) is 3. The van der Waals surface area contributed by atoms with Crippen molar-refractivity contribution >= 4 is 18.6 Å². The average Bonchev–Trinajstić information content (AvgIpc) is 2.60. The lowest BCUT2D eigenvalue weighted by molar-refractivity contribution is -0.870. The largest absolute Gasteiger partial charge is 0.744 e. The number of likely N-dealkylation sites (N-methyl/N-ethyl adjacent to an activating group) is 1. The normalized spacial score (nSPS) is 13.1. The van der Waals surface area contributed by atoms with Crippen LogP contribution in [-0.2, 0) is 19.2 Å². The maximum Gasteiger partial charge on any atom is 0.259 e. The molecule has 178 valence electrons. The highest BCUT2D eigenvalue weighted by atomic mass is 32.2. The monoisotopic (exact) mass is 475 g/mol. The molecular weight excluding hydrogens is 437 g/mol. The van der Waals surface area contributed by atoms with Crippen LogP contribution in [0.2, 0.25) is 0 Å². The Morgan fingerprint density at radius 1 is 1.06 bits per heavy atom. The van der Waals surface area contributed by atoms with Gasteiger partial charge in [0.2, 0.25) is 0 Å². The molecule has 1 rings (SSSR count). The van der Waals surface area contributed by atoms with Gasteiger partial charge < -0.3 is 18.1 Å². The molecule has 0 fully saturated rings. The van der Waals surface area contributed by atoms with E-state index in [1.165, 1.54) is 12.1 Å². The first-order chi connectivity index (χ1) is 14.2. The SMILES string of the molecule is CC(C)N(C(C)C)P(OCCC#N)OCC[N+](C)(C)C.Cc1ccc(S(=O)(=O)[O-])cc1. The number of hydrogen-bond donors (Lipinski definition) is 0. The molecule has 0 aliphatic rings. The minimum atomic E-state index is -4.27. The summed E-state index contributed by atoms with van der Waals surface area (Å²) in [4.78, 5) is -0.178. The molecule has 0 aliphatic heterocycles. The van der Waals surface area contributed by atoms with E-state index in [9.17, 15) is 13.0 Å². The molecule has 0 heterocycles. The fourth-order valence-electron chi connectivity index (χ4n) is 2.41. The second-order valence-electron chi connectivity index (χ2n) is 8.66. The van der Waals surface area contributed by atoms with Crippen molar-refractivity contribution in [3.8, 4) is 6.07 Å². The lowest BCUT2D eigenvalue weighted by atomic mass is 10.2. The van der Waals surface area contributed by atoms with Crippen molar-refractivity contribution in [2.24, 2.45) is 0 Å². The molecule has 0 aromatic heterocycles. The van der Waals surface area contributed by atoms with Gasteiger partial charge in [0.1, 0.15) is 23.3 Å². The highest BCUT2D eigenvalue weighted by molar-refractivity contribution is 7.85. The van der Waals surface area contributed by atoms with Crippen LogP contribution in [0.1, 0.15) is 39.7 Å². The Morgan fingerprint density at radius 3 is 1.94 bits per heavy atom.